The Morgan fingerprint density at radius 2 is 1.96 bits per heavy atom. The Bertz CT molecular complexity index is 723. The molecular weight excluding hydrogens is 342 g/mol. The van der Waals surface area contributed by atoms with E-state index in [2.05, 4.69) is 22.0 Å². The van der Waals surface area contributed by atoms with E-state index in [-0.39, 0.29) is 5.91 Å². The van der Waals surface area contributed by atoms with Crippen molar-refractivity contribution in [1.29, 1.82) is 0 Å². The van der Waals surface area contributed by atoms with E-state index in [4.69, 9.17) is 11.6 Å². The number of nitrogens with one attached hydrogen (secondary N) is 1. The van der Waals surface area contributed by atoms with Gasteiger partial charge in [0.2, 0.25) is 0 Å². The van der Waals surface area contributed by atoms with Gasteiger partial charge in [0.15, 0.2) is 0 Å². The van der Waals surface area contributed by atoms with Crippen LogP contribution < -0.4 is 10.2 Å². The van der Waals surface area contributed by atoms with Crippen LogP contribution in [0.1, 0.15) is 21.5 Å². The van der Waals surface area contributed by atoms with Gasteiger partial charge in [-0.25, -0.2) is 0 Å². The molecule has 0 spiro atoms. The Hall–Kier alpha value is -1.56. The summed E-state index contributed by atoms with van der Waals surface area (Å²) < 4.78 is 0. The number of benzene rings is 1. The van der Waals surface area contributed by atoms with Gasteiger partial charge in [0.1, 0.15) is 0 Å². The molecular formula is C18H22ClN3OS. The molecule has 1 N–H and O–H groups in total. The number of piperazine rings is 1. The fraction of sp³-hybridized carbons (Fsp3) is 0.389. The molecule has 1 amide bonds. The molecule has 0 saturated carbocycles. The number of nitrogens with zero attached hydrogens (tertiary/aromatic N) is 2. The van der Waals surface area contributed by atoms with Gasteiger partial charge in [-0.05, 0) is 43.8 Å². The molecule has 6 heteroatoms. The van der Waals surface area contributed by atoms with Gasteiger partial charge in [-0.15, -0.1) is 11.3 Å². The quantitative estimate of drug-likeness (QED) is 0.888. The molecule has 0 bridgehead atoms. The van der Waals surface area contributed by atoms with Crippen LogP contribution in [0, 0.1) is 6.92 Å². The zero-order valence-electron chi connectivity index (χ0n) is 14.0. The maximum atomic E-state index is 12.5. The molecule has 2 heterocycles. The molecule has 0 aliphatic carbocycles. The summed E-state index contributed by atoms with van der Waals surface area (Å²) in [5.41, 5.74) is 1.82. The maximum Gasteiger partial charge on any atom is 0.265 e. The Kier molecular flexibility index (Phi) is 5.43. The molecule has 1 aromatic heterocycles. The SMILES string of the molecule is CCN1CCN(c2ccc(Cl)cc2NC(=O)c2ccc(C)s2)CC1. The van der Waals surface area contributed by atoms with Crippen molar-refractivity contribution in [3.8, 4) is 0 Å². The summed E-state index contributed by atoms with van der Waals surface area (Å²) in [6.45, 7) is 9.25. The smallest absolute Gasteiger partial charge is 0.265 e. The van der Waals surface area contributed by atoms with Crippen LogP contribution in [-0.2, 0) is 0 Å². The van der Waals surface area contributed by atoms with Crippen LogP contribution in [0.25, 0.3) is 0 Å². The number of carbonyl (C=O) groups excluding carboxylic acids is 1. The van der Waals surface area contributed by atoms with E-state index in [9.17, 15) is 4.79 Å². The third kappa shape index (κ3) is 3.91. The normalized spacial score (nSPS) is 15.5. The van der Waals surface area contributed by atoms with E-state index in [0.717, 1.165) is 49.0 Å². The number of halogens is 1. The number of rotatable bonds is 4. The second-order valence-corrected chi connectivity index (χ2v) is 7.67. The Labute approximate surface area is 152 Å². The van der Waals surface area contributed by atoms with Crippen LogP contribution in [0.2, 0.25) is 5.02 Å². The molecule has 0 radical (unpaired) electrons. The lowest BCUT2D eigenvalue weighted by atomic mass is 10.2. The minimum absolute atomic E-state index is 0.0798. The van der Waals surface area contributed by atoms with Crippen molar-refractivity contribution in [3.05, 3.63) is 45.1 Å². The second kappa shape index (κ2) is 7.55. The average molecular weight is 364 g/mol. The summed E-state index contributed by atoms with van der Waals surface area (Å²) in [5.74, 6) is -0.0798. The predicted molar refractivity (Wildman–Crippen MR) is 103 cm³/mol. The number of likely N-dealkylation sites (N-methyl/N-ethyl adjacent to an activating group) is 1. The van der Waals surface area contributed by atoms with Gasteiger partial charge in [-0.2, -0.15) is 0 Å². The maximum absolute atomic E-state index is 12.5. The first-order chi connectivity index (χ1) is 11.6. The van der Waals surface area contributed by atoms with Crippen molar-refractivity contribution >= 4 is 40.2 Å². The Balaban J connectivity index is 1.80. The lowest BCUT2D eigenvalue weighted by Crippen LogP contribution is -2.46. The Morgan fingerprint density at radius 1 is 1.21 bits per heavy atom. The van der Waals surface area contributed by atoms with Crippen molar-refractivity contribution < 1.29 is 4.79 Å². The first-order valence-electron chi connectivity index (χ1n) is 8.21. The van der Waals surface area contributed by atoms with Crippen molar-refractivity contribution in [2.24, 2.45) is 0 Å². The largest absolute Gasteiger partial charge is 0.367 e. The second-order valence-electron chi connectivity index (χ2n) is 5.95. The van der Waals surface area contributed by atoms with E-state index in [1.54, 1.807) is 0 Å². The molecule has 1 fully saturated rings. The molecule has 2 aromatic rings. The molecule has 1 saturated heterocycles. The van der Waals surface area contributed by atoms with Crippen LogP contribution in [0.5, 0.6) is 0 Å². The van der Waals surface area contributed by atoms with E-state index in [0.29, 0.717) is 9.90 Å². The summed E-state index contributed by atoms with van der Waals surface area (Å²) in [4.78, 5) is 19.1. The highest BCUT2D eigenvalue weighted by molar-refractivity contribution is 7.14. The topological polar surface area (TPSA) is 35.6 Å². The van der Waals surface area contributed by atoms with Crippen LogP contribution in [0.15, 0.2) is 30.3 Å². The van der Waals surface area contributed by atoms with Gasteiger partial charge in [0.25, 0.3) is 5.91 Å². The third-order valence-electron chi connectivity index (χ3n) is 4.33. The van der Waals surface area contributed by atoms with E-state index >= 15 is 0 Å². The molecule has 3 rings (SSSR count). The van der Waals surface area contributed by atoms with Gasteiger partial charge in [0.05, 0.1) is 16.3 Å². The zero-order valence-corrected chi connectivity index (χ0v) is 15.6. The van der Waals surface area contributed by atoms with E-state index < -0.39 is 0 Å². The summed E-state index contributed by atoms with van der Waals surface area (Å²) >= 11 is 7.66. The number of carbonyl (C=O) groups is 1. The lowest BCUT2D eigenvalue weighted by molar-refractivity contribution is 0.103. The number of hydrogen-bond acceptors (Lipinski definition) is 4. The summed E-state index contributed by atoms with van der Waals surface area (Å²) in [5, 5.41) is 3.66. The van der Waals surface area contributed by atoms with Crippen LogP contribution in [-0.4, -0.2) is 43.5 Å². The van der Waals surface area contributed by atoms with E-state index in [1.807, 2.05) is 37.3 Å². The monoisotopic (exact) mass is 363 g/mol. The molecule has 4 nitrogen and oxygen atoms in total. The minimum atomic E-state index is -0.0798. The van der Waals surface area contributed by atoms with Crippen molar-refractivity contribution in [2.75, 3.05) is 42.9 Å². The van der Waals surface area contributed by atoms with Gasteiger partial charge in [-0.3, -0.25) is 4.79 Å². The predicted octanol–water partition coefficient (Wildman–Crippen LogP) is 4.10. The van der Waals surface area contributed by atoms with Gasteiger partial charge in [0, 0.05) is 36.1 Å². The highest BCUT2D eigenvalue weighted by Gasteiger charge is 2.20. The fourth-order valence-electron chi connectivity index (χ4n) is 2.93. The fourth-order valence-corrected chi connectivity index (χ4v) is 3.86. The van der Waals surface area contributed by atoms with Crippen LogP contribution in [0.4, 0.5) is 11.4 Å². The molecule has 1 aliphatic heterocycles. The summed E-state index contributed by atoms with van der Waals surface area (Å²) in [6, 6.07) is 9.54. The molecule has 1 aliphatic rings. The van der Waals surface area contributed by atoms with Gasteiger partial charge in [-0.1, -0.05) is 18.5 Å². The molecule has 1 aromatic carbocycles. The Morgan fingerprint density at radius 3 is 2.58 bits per heavy atom. The minimum Gasteiger partial charge on any atom is -0.367 e. The van der Waals surface area contributed by atoms with Gasteiger partial charge >= 0.3 is 0 Å². The number of thiophene rings is 1. The third-order valence-corrected chi connectivity index (χ3v) is 5.57. The lowest BCUT2D eigenvalue weighted by Gasteiger charge is -2.36. The van der Waals surface area contributed by atoms with Crippen molar-refractivity contribution in [3.63, 3.8) is 0 Å². The van der Waals surface area contributed by atoms with Crippen LogP contribution in [0.3, 0.4) is 0 Å². The number of hydrogen-bond donors (Lipinski definition) is 1. The molecule has 0 unspecified atom stereocenters. The number of anilines is 2. The first kappa shape index (κ1) is 17.3. The van der Waals surface area contributed by atoms with Crippen LogP contribution >= 0.6 is 22.9 Å². The molecule has 24 heavy (non-hydrogen) atoms. The zero-order chi connectivity index (χ0) is 17.1. The standard InChI is InChI=1S/C18H22ClN3OS/c1-3-21-8-10-22(11-9-21)16-6-5-14(19)12-15(16)20-18(23)17-7-4-13(2)24-17/h4-7,12H,3,8-11H2,1-2H3,(H,20,23). The number of aryl methyl sites for hydroxylation is 1. The molecule has 0 atom stereocenters. The summed E-state index contributed by atoms with van der Waals surface area (Å²) in [7, 11) is 0. The first-order valence-corrected chi connectivity index (χ1v) is 9.41. The molecule has 128 valence electrons. The highest BCUT2D eigenvalue weighted by Crippen LogP contribution is 2.31. The highest BCUT2D eigenvalue weighted by atomic mass is 35.5. The van der Waals surface area contributed by atoms with Crippen molar-refractivity contribution in [1.82, 2.24) is 4.90 Å². The number of amides is 1. The van der Waals surface area contributed by atoms with E-state index in [1.165, 1.54) is 11.3 Å². The summed E-state index contributed by atoms with van der Waals surface area (Å²) in [6.07, 6.45) is 0. The van der Waals surface area contributed by atoms with Gasteiger partial charge < -0.3 is 15.1 Å². The average Bonchev–Trinajstić information content (AvgIpc) is 3.02. The van der Waals surface area contributed by atoms with Crippen molar-refractivity contribution in [2.45, 2.75) is 13.8 Å².